The number of aryl methyl sites for hydroxylation is 1. The minimum absolute atomic E-state index is 0.117. The van der Waals surface area contributed by atoms with Gasteiger partial charge < -0.3 is 4.74 Å². The molecule has 0 N–H and O–H groups in total. The number of nitro groups is 1. The van der Waals surface area contributed by atoms with Gasteiger partial charge in [-0.15, -0.1) is 11.3 Å². The first kappa shape index (κ1) is 20.5. The Balaban J connectivity index is 1.43. The van der Waals surface area contributed by atoms with Crippen molar-refractivity contribution >= 4 is 34.9 Å². The zero-order chi connectivity index (χ0) is 21.8. The van der Waals surface area contributed by atoms with Gasteiger partial charge in [-0.2, -0.15) is 0 Å². The SMILES string of the molecule is Cc1nc2ccc(Oc3cc(C(C)OP(=O)(N4CC4)N4CC4)ccc3[N+](=O)[O-])cc2s1. The first-order valence-corrected chi connectivity index (χ1v) is 12.3. The van der Waals surface area contributed by atoms with Crippen LogP contribution < -0.4 is 4.74 Å². The predicted octanol–water partition coefficient (Wildman–Crippen LogP) is 5.12. The second kappa shape index (κ2) is 7.65. The zero-order valence-corrected chi connectivity index (χ0v) is 18.8. The molecule has 3 aromatic rings. The highest BCUT2D eigenvalue weighted by Gasteiger charge is 2.50. The second-order valence-electron chi connectivity index (χ2n) is 7.59. The summed E-state index contributed by atoms with van der Waals surface area (Å²) < 4.78 is 29.8. The van der Waals surface area contributed by atoms with Gasteiger partial charge >= 0.3 is 13.4 Å². The molecular formula is C20H21N4O5PS. The van der Waals surface area contributed by atoms with Gasteiger partial charge in [-0.25, -0.2) is 14.3 Å². The molecule has 1 unspecified atom stereocenters. The van der Waals surface area contributed by atoms with Crippen LogP contribution in [0, 0.1) is 17.0 Å². The third-order valence-corrected chi connectivity index (χ3v) is 8.96. The average molecular weight is 460 g/mol. The van der Waals surface area contributed by atoms with Crippen LogP contribution in [-0.2, 0) is 9.09 Å². The van der Waals surface area contributed by atoms with Crippen molar-refractivity contribution in [1.29, 1.82) is 0 Å². The van der Waals surface area contributed by atoms with Crippen molar-refractivity contribution in [1.82, 2.24) is 14.3 Å². The van der Waals surface area contributed by atoms with E-state index in [1.165, 1.54) is 17.4 Å². The van der Waals surface area contributed by atoms with Crippen molar-refractivity contribution in [2.45, 2.75) is 20.0 Å². The van der Waals surface area contributed by atoms with Gasteiger partial charge in [0.05, 0.1) is 26.3 Å². The minimum Gasteiger partial charge on any atom is -0.450 e. The molecule has 0 saturated carbocycles. The lowest BCUT2D eigenvalue weighted by Gasteiger charge is -2.24. The number of nitro benzene ring substituents is 1. The van der Waals surface area contributed by atoms with E-state index >= 15 is 0 Å². The van der Waals surface area contributed by atoms with Crippen molar-refractivity contribution in [3.05, 3.63) is 57.1 Å². The summed E-state index contributed by atoms with van der Waals surface area (Å²) in [6.07, 6.45) is -0.512. The van der Waals surface area contributed by atoms with Crippen molar-refractivity contribution in [2.75, 3.05) is 26.2 Å². The molecule has 0 amide bonds. The molecule has 11 heteroatoms. The number of rotatable bonds is 8. The molecule has 0 bridgehead atoms. The Bertz CT molecular complexity index is 1210. The van der Waals surface area contributed by atoms with E-state index in [2.05, 4.69) is 4.98 Å². The number of hydrogen-bond acceptors (Lipinski definition) is 7. The van der Waals surface area contributed by atoms with Gasteiger partial charge in [0.1, 0.15) is 5.75 Å². The fourth-order valence-corrected chi connectivity index (χ4v) is 6.60. The number of hydrogen-bond donors (Lipinski definition) is 0. The summed E-state index contributed by atoms with van der Waals surface area (Å²) >= 11 is 1.53. The minimum atomic E-state index is -3.01. The maximum Gasteiger partial charge on any atom is 0.346 e. The monoisotopic (exact) mass is 460 g/mol. The van der Waals surface area contributed by atoms with Crippen LogP contribution in [0.3, 0.4) is 0 Å². The fourth-order valence-electron chi connectivity index (χ4n) is 3.40. The predicted molar refractivity (Wildman–Crippen MR) is 118 cm³/mol. The number of thiazole rings is 1. The fraction of sp³-hybridized carbons (Fsp3) is 0.350. The molecule has 3 heterocycles. The van der Waals surface area contributed by atoms with Crippen molar-refractivity contribution in [3.8, 4) is 11.5 Å². The van der Waals surface area contributed by atoms with E-state index in [1.807, 2.05) is 28.4 Å². The summed E-state index contributed by atoms with van der Waals surface area (Å²) in [6, 6.07) is 10.0. The van der Waals surface area contributed by atoms with Gasteiger partial charge in [0.2, 0.25) is 5.75 Å². The Kier molecular flexibility index (Phi) is 5.07. The Hall–Kier alpha value is -2.36. The van der Waals surface area contributed by atoms with Crippen LogP contribution in [-0.4, -0.2) is 45.4 Å². The van der Waals surface area contributed by atoms with Crippen LogP contribution in [0.2, 0.25) is 0 Å². The third-order valence-electron chi connectivity index (χ3n) is 5.20. The molecule has 2 aromatic carbocycles. The maximum absolute atomic E-state index is 13.3. The van der Waals surface area contributed by atoms with Crippen molar-refractivity contribution < 1.29 is 18.7 Å². The summed E-state index contributed by atoms with van der Waals surface area (Å²) in [7, 11) is -3.01. The molecule has 2 fully saturated rings. The summed E-state index contributed by atoms with van der Waals surface area (Å²) in [4.78, 5) is 15.5. The summed E-state index contributed by atoms with van der Waals surface area (Å²) in [6.45, 7) is 6.76. The van der Waals surface area contributed by atoms with Gasteiger partial charge in [-0.3, -0.25) is 19.2 Å². The van der Waals surface area contributed by atoms with Crippen LogP contribution in [0.1, 0.15) is 23.6 Å². The molecule has 1 aromatic heterocycles. The van der Waals surface area contributed by atoms with E-state index in [-0.39, 0.29) is 11.4 Å². The lowest BCUT2D eigenvalue weighted by molar-refractivity contribution is -0.385. The quantitative estimate of drug-likeness (QED) is 0.198. The molecule has 9 nitrogen and oxygen atoms in total. The molecule has 0 radical (unpaired) electrons. The van der Waals surface area contributed by atoms with Crippen LogP contribution >= 0.6 is 19.0 Å². The Morgan fingerprint density at radius 2 is 1.87 bits per heavy atom. The van der Waals surface area contributed by atoms with Gasteiger partial charge in [0.25, 0.3) is 0 Å². The van der Waals surface area contributed by atoms with E-state index in [1.54, 1.807) is 25.1 Å². The molecule has 1 atom stereocenters. The highest BCUT2D eigenvalue weighted by molar-refractivity contribution is 7.54. The summed E-state index contributed by atoms with van der Waals surface area (Å²) in [5, 5.41) is 12.5. The van der Waals surface area contributed by atoms with Gasteiger partial charge in [-0.1, -0.05) is 0 Å². The Labute approximate surface area is 182 Å². The first-order chi connectivity index (χ1) is 14.8. The average Bonchev–Trinajstić information content (AvgIpc) is 3.62. The first-order valence-electron chi connectivity index (χ1n) is 9.96. The van der Waals surface area contributed by atoms with E-state index in [4.69, 9.17) is 9.26 Å². The molecule has 2 saturated heterocycles. The molecule has 162 valence electrons. The largest absolute Gasteiger partial charge is 0.450 e. The number of aromatic nitrogens is 1. The molecule has 0 spiro atoms. The lowest BCUT2D eigenvalue weighted by Crippen LogP contribution is -2.10. The summed E-state index contributed by atoms with van der Waals surface area (Å²) in [5.74, 6) is 0.607. The zero-order valence-electron chi connectivity index (χ0n) is 17.1. The second-order valence-corrected chi connectivity index (χ2v) is 11.2. The van der Waals surface area contributed by atoms with E-state index in [0.29, 0.717) is 11.3 Å². The third kappa shape index (κ3) is 4.09. The normalized spacial score (nSPS) is 17.6. The van der Waals surface area contributed by atoms with Crippen molar-refractivity contribution in [2.24, 2.45) is 0 Å². The van der Waals surface area contributed by atoms with Crippen molar-refractivity contribution in [3.63, 3.8) is 0 Å². The highest BCUT2D eigenvalue weighted by atomic mass is 32.1. The molecular weight excluding hydrogens is 439 g/mol. The highest BCUT2D eigenvalue weighted by Crippen LogP contribution is 2.63. The topological polar surface area (TPSA) is 97.6 Å². The van der Waals surface area contributed by atoms with Crippen LogP contribution in [0.4, 0.5) is 5.69 Å². The molecule has 2 aliphatic rings. The van der Waals surface area contributed by atoms with Gasteiger partial charge in [-0.05, 0) is 43.7 Å². The lowest BCUT2D eigenvalue weighted by atomic mass is 10.1. The van der Waals surface area contributed by atoms with E-state index in [0.717, 1.165) is 41.4 Å². The maximum atomic E-state index is 13.3. The number of nitrogens with zero attached hydrogens (tertiary/aromatic N) is 4. The van der Waals surface area contributed by atoms with E-state index in [9.17, 15) is 14.7 Å². The van der Waals surface area contributed by atoms with Crippen LogP contribution in [0.25, 0.3) is 10.2 Å². The molecule has 31 heavy (non-hydrogen) atoms. The number of benzene rings is 2. The van der Waals surface area contributed by atoms with Gasteiger partial charge in [0, 0.05) is 38.3 Å². The Morgan fingerprint density at radius 3 is 2.52 bits per heavy atom. The number of fused-ring (bicyclic) bond motifs is 1. The van der Waals surface area contributed by atoms with E-state index < -0.39 is 18.7 Å². The molecule has 2 aliphatic heterocycles. The smallest absolute Gasteiger partial charge is 0.346 e. The summed E-state index contributed by atoms with van der Waals surface area (Å²) in [5.41, 5.74) is 1.39. The van der Waals surface area contributed by atoms with Crippen LogP contribution in [0.5, 0.6) is 11.5 Å². The standard InChI is InChI=1S/C20H21N4O5PS/c1-13(29-30(27,22-7-8-22)23-9-10-23)15-3-6-18(24(25)26)19(11-15)28-16-4-5-17-20(12-16)31-14(2)21-17/h3-6,11-13H,7-10H2,1-2H3. The Morgan fingerprint density at radius 1 is 1.16 bits per heavy atom. The molecule has 0 aliphatic carbocycles. The van der Waals surface area contributed by atoms with Gasteiger partial charge in [0.15, 0.2) is 0 Å². The number of ether oxygens (including phenoxy) is 1. The molecule has 5 rings (SSSR count). The van der Waals surface area contributed by atoms with Crippen LogP contribution in [0.15, 0.2) is 36.4 Å².